The van der Waals surface area contributed by atoms with Gasteiger partial charge < -0.3 is 4.74 Å². The van der Waals surface area contributed by atoms with Crippen LogP contribution in [0.1, 0.15) is 22.3 Å². The van der Waals surface area contributed by atoms with Crippen molar-refractivity contribution in [2.24, 2.45) is 0 Å². The number of ether oxygens (including phenoxy) is 1. The Morgan fingerprint density at radius 1 is 1.22 bits per heavy atom. The summed E-state index contributed by atoms with van der Waals surface area (Å²) in [6.45, 7) is 0.240. The van der Waals surface area contributed by atoms with Gasteiger partial charge in [-0.2, -0.15) is 0 Å². The molecule has 0 saturated heterocycles. The van der Waals surface area contributed by atoms with Gasteiger partial charge in [0.1, 0.15) is 6.61 Å². The SMILES string of the molecule is O=C1OCc2ccc(NS(=O)(=O)CCCSc3nc4ccccc4s3)cc21. The molecule has 27 heavy (non-hydrogen) atoms. The summed E-state index contributed by atoms with van der Waals surface area (Å²) in [5, 5.41) is 0. The Kier molecular flexibility index (Phi) is 5.07. The second-order valence-electron chi connectivity index (χ2n) is 6.02. The van der Waals surface area contributed by atoms with Crippen molar-refractivity contribution in [3.8, 4) is 0 Å². The van der Waals surface area contributed by atoms with Crippen LogP contribution in [0.25, 0.3) is 10.2 Å². The Bertz CT molecular complexity index is 1080. The zero-order valence-electron chi connectivity index (χ0n) is 14.2. The first-order valence-electron chi connectivity index (χ1n) is 8.29. The molecule has 0 atom stereocenters. The van der Waals surface area contributed by atoms with Crippen molar-refractivity contribution in [3.63, 3.8) is 0 Å². The fourth-order valence-electron chi connectivity index (χ4n) is 2.73. The molecule has 0 aliphatic carbocycles. The quantitative estimate of drug-likeness (QED) is 0.355. The summed E-state index contributed by atoms with van der Waals surface area (Å²) >= 11 is 3.18. The number of rotatable bonds is 7. The number of benzene rings is 2. The lowest BCUT2D eigenvalue weighted by Gasteiger charge is -2.08. The van der Waals surface area contributed by atoms with Crippen molar-refractivity contribution in [1.29, 1.82) is 0 Å². The molecule has 0 radical (unpaired) electrons. The minimum Gasteiger partial charge on any atom is -0.457 e. The van der Waals surface area contributed by atoms with Crippen LogP contribution in [0.5, 0.6) is 0 Å². The summed E-state index contributed by atoms with van der Waals surface area (Å²) in [7, 11) is -3.48. The van der Waals surface area contributed by atoms with Crippen LogP contribution in [0.2, 0.25) is 0 Å². The van der Waals surface area contributed by atoms with Gasteiger partial charge in [-0.3, -0.25) is 4.72 Å². The van der Waals surface area contributed by atoms with E-state index in [2.05, 4.69) is 9.71 Å². The number of nitrogens with zero attached hydrogens (tertiary/aromatic N) is 1. The van der Waals surface area contributed by atoms with Crippen LogP contribution in [-0.4, -0.2) is 30.9 Å². The molecule has 0 amide bonds. The standard InChI is InChI=1S/C18H16N2O4S3/c21-17-14-10-13(7-6-12(14)11-24-17)20-27(22,23)9-3-8-25-18-19-15-4-1-2-5-16(15)26-18/h1-2,4-7,10,20H,3,8-9,11H2. The van der Waals surface area contributed by atoms with Crippen molar-refractivity contribution in [2.75, 3.05) is 16.2 Å². The summed E-state index contributed by atoms with van der Waals surface area (Å²) in [5.74, 6) is 0.252. The number of fused-ring (bicyclic) bond motifs is 2. The zero-order chi connectivity index (χ0) is 18.9. The first-order valence-corrected chi connectivity index (χ1v) is 11.7. The number of carbonyl (C=O) groups is 1. The molecule has 0 bridgehead atoms. The molecule has 1 aliphatic rings. The number of carbonyl (C=O) groups excluding carboxylic acids is 1. The van der Waals surface area contributed by atoms with Crippen molar-refractivity contribution in [3.05, 3.63) is 53.6 Å². The van der Waals surface area contributed by atoms with E-state index in [0.717, 1.165) is 20.1 Å². The third kappa shape index (κ3) is 4.26. The first-order chi connectivity index (χ1) is 13.0. The average molecular weight is 421 g/mol. The lowest BCUT2D eigenvalue weighted by atomic mass is 10.1. The van der Waals surface area contributed by atoms with E-state index in [9.17, 15) is 13.2 Å². The smallest absolute Gasteiger partial charge is 0.338 e. The Labute approximate surface area is 165 Å². The summed E-state index contributed by atoms with van der Waals surface area (Å²) in [5.41, 5.74) is 2.54. The Hall–Kier alpha value is -2.10. The average Bonchev–Trinajstić information content (AvgIpc) is 3.22. The van der Waals surface area contributed by atoms with Gasteiger partial charge in [0.25, 0.3) is 0 Å². The summed E-state index contributed by atoms with van der Waals surface area (Å²) < 4.78 is 34.1. The van der Waals surface area contributed by atoms with Crippen LogP contribution >= 0.6 is 23.1 Å². The molecule has 2 aromatic carbocycles. The molecule has 9 heteroatoms. The third-order valence-corrected chi connectivity index (χ3v) is 7.66. The molecular weight excluding hydrogens is 404 g/mol. The van der Waals surface area contributed by atoms with Gasteiger partial charge in [-0.25, -0.2) is 18.2 Å². The van der Waals surface area contributed by atoms with Gasteiger partial charge in [0.2, 0.25) is 10.0 Å². The van der Waals surface area contributed by atoms with Crippen molar-refractivity contribution in [1.82, 2.24) is 4.98 Å². The van der Waals surface area contributed by atoms with E-state index in [1.165, 1.54) is 6.07 Å². The number of nitrogens with one attached hydrogen (secondary N) is 1. The molecule has 0 saturated carbocycles. The molecule has 3 aromatic rings. The maximum absolute atomic E-state index is 12.3. The topological polar surface area (TPSA) is 85.4 Å². The number of para-hydroxylation sites is 1. The Morgan fingerprint density at radius 2 is 2.07 bits per heavy atom. The van der Waals surface area contributed by atoms with Crippen LogP contribution in [0, 0.1) is 0 Å². The van der Waals surface area contributed by atoms with E-state index in [1.54, 1.807) is 35.2 Å². The number of anilines is 1. The predicted octanol–water partition coefficient (Wildman–Crippen LogP) is 3.89. The van der Waals surface area contributed by atoms with Crippen LogP contribution < -0.4 is 4.72 Å². The largest absolute Gasteiger partial charge is 0.457 e. The van der Waals surface area contributed by atoms with Crippen LogP contribution in [0.15, 0.2) is 46.8 Å². The predicted molar refractivity (Wildman–Crippen MR) is 108 cm³/mol. The maximum Gasteiger partial charge on any atom is 0.338 e. The van der Waals surface area contributed by atoms with E-state index >= 15 is 0 Å². The molecule has 0 spiro atoms. The Balaban J connectivity index is 1.31. The highest BCUT2D eigenvalue weighted by molar-refractivity contribution is 8.01. The highest BCUT2D eigenvalue weighted by Crippen LogP contribution is 2.29. The van der Waals surface area contributed by atoms with Crippen LogP contribution in [-0.2, 0) is 21.4 Å². The lowest BCUT2D eigenvalue weighted by molar-refractivity contribution is 0.0535. The molecule has 0 unspecified atom stereocenters. The van der Waals surface area contributed by atoms with Gasteiger partial charge in [-0.1, -0.05) is 30.0 Å². The van der Waals surface area contributed by atoms with Crippen LogP contribution in [0.4, 0.5) is 5.69 Å². The van der Waals surface area contributed by atoms with Crippen molar-refractivity contribution >= 4 is 55.0 Å². The molecule has 4 rings (SSSR count). The molecule has 6 nitrogen and oxygen atoms in total. The maximum atomic E-state index is 12.3. The molecule has 1 aliphatic heterocycles. The fraction of sp³-hybridized carbons (Fsp3) is 0.222. The molecule has 1 aromatic heterocycles. The monoisotopic (exact) mass is 420 g/mol. The van der Waals surface area contributed by atoms with E-state index in [0.29, 0.717) is 23.4 Å². The van der Waals surface area contributed by atoms with Gasteiger partial charge in [-0.05, 0) is 30.7 Å². The summed E-state index contributed by atoms with van der Waals surface area (Å²) in [6.07, 6.45) is 0.503. The van der Waals surface area contributed by atoms with Gasteiger partial charge >= 0.3 is 5.97 Å². The number of cyclic esters (lactones) is 1. The normalized spacial score (nSPS) is 13.6. The lowest BCUT2D eigenvalue weighted by Crippen LogP contribution is -2.17. The van der Waals surface area contributed by atoms with Gasteiger partial charge in [-0.15, -0.1) is 11.3 Å². The minimum atomic E-state index is -3.48. The van der Waals surface area contributed by atoms with Crippen molar-refractivity contribution < 1.29 is 17.9 Å². The number of aromatic nitrogens is 1. The third-order valence-electron chi connectivity index (χ3n) is 4.02. The zero-order valence-corrected chi connectivity index (χ0v) is 16.6. The molecule has 140 valence electrons. The van der Waals surface area contributed by atoms with Gasteiger partial charge in [0, 0.05) is 17.0 Å². The van der Waals surface area contributed by atoms with E-state index in [-0.39, 0.29) is 12.4 Å². The minimum absolute atomic E-state index is 0.00638. The molecule has 1 N–H and O–H groups in total. The number of hydrogen-bond acceptors (Lipinski definition) is 7. The molecule has 2 heterocycles. The van der Waals surface area contributed by atoms with Gasteiger partial charge in [0.05, 0.1) is 21.5 Å². The molecular formula is C18H16N2O4S3. The summed E-state index contributed by atoms with van der Waals surface area (Å²) in [4.78, 5) is 16.1. The first kappa shape index (κ1) is 18.3. The van der Waals surface area contributed by atoms with Crippen molar-refractivity contribution in [2.45, 2.75) is 17.4 Å². The van der Waals surface area contributed by atoms with E-state index in [1.807, 2.05) is 24.3 Å². The number of thiazole rings is 1. The number of thioether (sulfide) groups is 1. The number of esters is 1. The number of sulfonamides is 1. The molecule has 0 fully saturated rings. The second-order valence-corrected chi connectivity index (χ2v) is 10.2. The number of hydrogen-bond donors (Lipinski definition) is 1. The van der Waals surface area contributed by atoms with Gasteiger partial charge in [0.15, 0.2) is 4.34 Å². The Morgan fingerprint density at radius 3 is 2.93 bits per heavy atom. The fourth-order valence-corrected chi connectivity index (χ4v) is 6.10. The highest BCUT2D eigenvalue weighted by atomic mass is 32.2. The van der Waals surface area contributed by atoms with E-state index in [4.69, 9.17) is 4.74 Å². The van der Waals surface area contributed by atoms with E-state index < -0.39 is 16.0 Å². The van der Waals surface area contributed by atoms with Crippen LogP contribution in [0.3, 0.4) is 0 Å². The second kappa shape index (κ2) is 7.49. The summed E-state index contributed by atoms with van der Waals surface area (Å²) in [6, 6.07) is 12.8. The highest BCUT2D eigenvalue weighted by Gasteiger charge is 2.22.